The van der Waals surface area contributed by atoms with Gasteiger partial charge >= 0.3 is 5.97 Å². The Labute approximate surface area is 211 Å². The number of ether oxygens (including phenoxy) is 3. The first-order valence-electron chi connectivity index (χ1n) is 11.6. The minimum atomic E-state index is -0.402. The first-order valence-corrected chi connectivity index (χ1v) is 12.4. The van der Waals surface area contributed by atoms with Gasteiger partial charge in [-0.1, -0.05) is 6.07 Å². The molecule has 0 atom stereocenters. The SMILES string of the molecule is CCOC(=O)c1c(CCCn2cncn2)nc2sc3cnccc3c2c1-c1ccc(OC)c(OC)c1. The summed E-state index contributed by atoms with van der Waals surface area (Å²) in [4.78, 5) is 27.6. The van der Waals surface area contributed by atoms with Crippen LogP contribution in [0.2, 0.25) is 0 Å². The molecule has 0 fully saturated rings. The van der Waals surface area contributed by atoms with Crippen molar-refractivity contribution in [2.75, 3.05) is 20.8 Å². The summed E-state index contributed by atoms with van der Waals surface area (Å²) < 4.78 is 19.3. The van der Waals surface area contributed by atoms with E-state index in [2.05, 4.69) is 15.1 Å². The first kappa shape index (κ1) is 23.7. The number of methoxy groups -OCH3 is 2. The number of benzene rings is 1. The van der Waals surface area contributed by atoms with E-state index in [1.165, 1.54) is 6.33 Å². The third-order valence-electron chi connectivity index (χ3n) is 5.92. The fourth-order valence-corrected chi connectivity index (χ4v) is 5.42. The predicted octanol–water partition coefficient (Wildman–Crippen LogP) is 4.93. The van der Waals surface area contributed by atoms with Crippen molar-refractivity contribution < 1.29 is 19.0 Å². The van der Waals surface area contributed by atoms with E-state index in [-0.39, 0.29) is 6.61 Å². The van der Waals surface area contributed by atoms with E-state index in [1.807, 2.05) is 30.5 Å². The Bertz CT molecular complexity index is 1530. The molecule has 0 unspecified atom stereocenters. The van der Waals surface area contributed by atoms with Crippen LogP contribution in [0.15, 0.2) is 49.3 Å². The van der Waals surface area contributed by atoms with Crippen LogP contribution in [0.3, 0.4) is 0 Å². The van der Waals surface area contributed by atoms with E-state index in [4.69, 9.17) is 19.2 Å². The molecule has 0 saturated carbocycles. The molecular formula is C26H25N5O4S. The predicted molar refractivity (Wildman–Crippen MR) is 138 cm³/mol. The normalized spacial score (nSPS) is 11.2. The number of esters is 1. The van der Waals surface area contributed by atoms with Gasteiger partial charge in [0.05, 0.1) is 36.8 Å². The van der Waals surface area contributed by atoms with Crippen molar-refractivity contribution in [3.05, 3.63) is 60.6 Å². The molecule has 36 heavy (non-hydrogen) atoms. The number of aromatic nitrogens is 5. The Morgan fingerprint density at radius 3 is 2.72 bits per heavy atom. The highest BCUT2D eigenvalue weighted by Gasteiger charge is 2.26. The smallest absolute Gasteiger partial charge is 0.340 e. The van der Waals surface area contributed by atoms with Crippen LogP contribution in [0, 0.1) is 0 Å². The molecule has 0 aliphatic heterocycles. The van der Waals surface area contributed by atoms with Crippen LogP contribution in [-0.4, -0.2) is 51.5 Å². The van der Waals surface area contributed by atoms with Crippen LogP contribution in [0.1, 0.15) is 29.4 Å². The van der Waals surface area contributed by atoms with Gasteiger partial charge in [-0.25, -0.2) is 14.8 Å². The van der Waals surface area contributed by atoms with Gasteiger partial charge in [0.25, 0.3) is 0 Å². The molecule has 184 valence electrons. The second-order valence-electron chi connectivity index (χ2n) is 8.01. The van der Waals surface area contributed by atoms with Crippen molar-refractivity contribution in [2.24, 2.45) is 0 Å². The molecule has 9 nitrogen and oxygen atoms in total. The molecule has 1 aromatic carbocycles. The van der Waals surface area contributed by atoms with Gasteiger partial charge in [0.2, 0.25) is 0 Å². The minimum absolute atomic E-state index is 0.259. The zero-order chi connectivity index (χ0) is 25.1. The number of carbonyl (C=O) groups excluding carboxylic acids is 1. The average Bonchev–Trinajstić information content (AvgIpc) is 3.55. The molecular weight excluding hydrogens is 478 g/mol. The Morgan fingerprint density at radius 2 is 1.97 bits per heavy atom. The number of thiophene rings is 1. The molecule has 5 aromatic rings. The fourth-order valence-electron chi connectivity index (χ4n) is 4.35. The van der Waals surface area contributed by atoms with E-state index in [9.17, 15) is 4.79 Å². The molecule has 0 aliphatic rings. The number of aryl methyl sites for hydroxylation is 2. The summed E-state index contributed by atoms with van der Waals surface area (Å²) in [6, 6.07) is 7.62. The summed E-state index contributed by atoms with van der Waals surface area (Å²) in [6.45, 7) is 2.72. The van der Waals surface area contributed by atoms with Gasteiger partial charge in [0.1, 0.15) is 17.5 Å². The van der Waals surface area contributed by atoms with Gasteiger partial charge < -0.3 is 14.2 Å². The average molecular weight is 504 g/mol. The topological polar surface area (TPSA) is 101 Å². The number of pyridine rings is 2. The maximum atomic E-state index is 13.5. The number of rotatable bonds is 9. The lowest BCUT2D eigenvalue weighted by Gasteiger charge is -2.17. The Morgan fingerprint density at radius 1 is 1.11 bits per heavy atom. The summed E-state index contributed by atoms with van der Waals surface area (Å²) in [7, 11) is 3.19. The van der Waals surface area contributed by atoms with E-state index < -0.39 is 5.97 Å². The van der Waals surface area contributed by atoms with Crippen molar-refractivity contribution in [1.82, 2.24) is 24.7 Å². The highest BCUT2D eigenvalue weighted by molar-refractivity contribution is 7.25. The Hall–Kier alpha value is -4.05. The van der Waals surface area contributed by atoms with E-state index >= 15 is 0 Å². The van der Waals surface area contributed by atoms with Gasteiger partial charge in [-0.05, 0) is 43.5 Å². The zero-order valence-corrected chi connectivity index (χ0v) is 21.0. The quantitative estimate of drug-likeness (QED) is 0.261. The lowest BCUT2D eigenvalue weighted by Crippen LogP contribution is -2.13. The molecule has 0 spiro atoms. The second kappa shape index (κ2) is 10.3. The highest BCUT2D eigenvalue weighted by atomic mass is 32.1. The summed E-state index contributed by atoms with van der Waals surface area (Å²) in [5.74, 6) is 0.779. The maximum absolute atomic E-state index is 13.5. The third-order valence-corrected chi connectivity index (χ3v) is 6.95. The number of carbonyl (C=O) groups is 1. The summed E-state index contributed by atoms with van der Waals surface area (Å²) >= 11 is 1.56. The largest absolute Gasteiger partial charge is 0.493 e. The first-order chi connectivity index (χ1) is 17.6. The van der Waals surface area contributed by atoms with Crippen LogP contribution >= 0.6 is 11.3 Å². The molecule has 0 N–H and O–H groups in total. The van der Waals surface area contributed by atoms with Crippen molar-refractivity contribution in [3.8, 4) is 22.6 Å². The van der Waals surface area contributed by atoms with Crippen molar-refractivity contribution in [3.63, 3.8) is 0 Å². The number of hydrogen-bond acceptors (Lipinski definition) is 9. The van der Waals surface area contributed by atoms with E-state index in [1.54, 1.807) is 49.7 Å². The zero-order valence-electron chi connectivity index (χ0n) is 20.2. The Kier molecular flexibility index (Phi) is 6.77. The van der Waals surface area contributed by atoms with Gasteiger partial charge in [0.15, 0.2) is 11.5 Å². The van der Waals surface area contributed by atoms with Crippen LogP contribution < -0.4 is 9.47 Å². The number of nitrogens with zero attached hydrogens (tertiary/aromatic N) is 5. The molecule has 5 rings (SSSR count). The Balaban J connectivity index is 1.76. The van der Waals surface area contributed by atoms with Gasteiger partial charge in [-0.3, -0.25) is 9.67 Å². The molecule has 10 heteroatoms. The monoisotopic (exact) mass is 503 g/mol. The van der Waals surface area contributed by atoms with Gasteiger partial charge in [-0.2, -0.15) is 5.10 Å². The van der Waals surface area contributed by atoms with Crippen LogP contribution in [0.25, 0.3) is 31.4 Å². The van der Waals surface area contributed by atoms with Crippen LogP contribution in [0.4, 0.5) is 0 Å². The van der Waals surface area contributed by atoms with E-state index in [0.29, 0.717) is 35.7 Å². The summed E-state index contributed by atoms with van der Waals surface area (Å²) in [6.07, 6.45) is 8.06. The fraction of sp³-hybridized carbons (Fsp3) is 0.269. The molecule has 4 heterocycles. The van der Waals surface area contributed by atoms with Crippen molar-refractivity contribution >= 4 is 37.6 Å². The molecule has 0 bridgehead atoms. The van der Waals surface area contributed by atoms with Crippen molar-refractivity contribution in [1.29, 1.82) is 0 Å². The summed E-state index contributed by atoms with van der Waals surface area (Å²) in [5, 5.41) is 6.06. The molecule has 0 amide bonds. The third kappa shape index (κ3) is 4.35. The number of fused-ring (bicyclic) bond motifs is 3. The summed E-state index contributed by atoms with van der Waals surface area (Å²) in [5.41, 5.74) is 2.74. The van der Waals surface area contributed by atoms with Gasteiger partial charge in [0, 0.05) is 35.3 Å². The van der Waals surface area contributed by atoms with Crippen molar-refractivity contribution in [2.45, 2.75) is 26.3 Å². The standard InChI is InChI=1S/C26H25N5O4S/c1-4-35-26(32)24-18(6-5-11-31-15-28-14-29-31)30-25-23(17-9-10-27-13-21(17)36-25)22(24)16-7-8-19(33-2)20(12-16)34-3/h7-10,12-15H,4-6,11H2,1-3H3. The molecule has 0 saturated heterocycles. The second-order valence-corrected chi connectivity index (χ2v) is 9.05. The van der Waals surface area contributed by atoms with E-state index in [0.717, 1.165) is 37.9 Å². The minimum Gasteiger partial charge on any atom is -0.493 e. The van der Waals surface area contributed by atoms with Gasteiger partial charge in [-0.15, -0.1) is 11.3 Å². The maximum Gasteiger partial charge on any atom is 0.340 e. The lowest BCUT2D eigenvalue weighted by atomic mass is 9.93. The molecule has 0 aliphatic carbocycles. The highest BCUT2D eigenvalue weighted by Crippen LogP contribution is 2.44. The molecule has 0 radical (unpaired) electrons. The lowest BCUT2D eigenvalue weighted by molar-refractivity contribution is 0.0525. The molecule has 4 aromatic heterocycles. The number of hydrogen-bond donors (Lipinski definition) is 0. The van der Waals surface area contributed by atoms with Crippen LogP contribution in [-0.2, 0) is 17.7 Å². The van der Waals surface area contributed by atoms with Crippen LogP contribution in [0.5, 0.6) is 11.5 Å².